The van der Waals surface area contributed by atoms with E-state index in [2.05, 4.69) is 4.74 Å². The summed E-state index contributed by atoms with van der Waals surface area (Å²) in [5, 5.41) is 29.0. The standard InChI is InChI=1S/C13H15NO6/c1-6-9-7(11(17)12(18)10(6)16)5-14(13(9)19)4-3-8(15)20-2/h16-18H,3-5H2,1-2H3. The molecule has 1 aromatic rings. The summed E-state index contributed by atoms with van der Waals surface area (Å²) in [6.45, 7) is 1.70. The van der Waals surface area contributed by atoms with Gasteiger partial charge in [-0.15, -0.1) is 0 Å². The first-order chi connectivity index (χ1) is 9.38. The Kier molecular flexibility index (Phi) is 3.44. The lowest BCUT2D eigenvalue weighted by molar-refractivity contribution is -0.140. The maximum absolute atomic E-state index is 12.2. The van der Waals surface area contributed by atoms with Gasteiger partial charge in [-0.3, -0.25) is 9.59 Å². The number of methoxy groups -OCH3 is 1. The van der Waals surface area contributed by atoms with Crippen molar-refractivity contribution in [2.45, 2.75) is 19.9 Å². The van der Waals surface area contributed by atoms with Gasteiger partial charge < -0.3 is 25.0 Å². The Hall–Kier alpha value is -2.44. The van der Waals surface area contributed by atoms with Crippen molar-refractivity contribution in [1.29, 1.82) is 0 Å². The second kappa shape index (κ2) is 4.92. The van der Waals surface area contributed by atoms with Crippen LogP contribution in [0, 0.1) is 6.92 Å². The van der Waals surface area contributed by atoms with E-state index in [1.807, 2.05) is 0 Å². The molecule has 7 nitrogen and oxygen atoms in total. The number of phenolic OH excluding ortho intramolecular Hbond substituents is 3. The fourth-order valence-electron chi connectivity index (χ4n) is 2.27. The van der Waals surface area contributed by atoms with Crippen LogP contribution < -0.4 is 0 Å². The van der Waals surface area contributed by atoms with Crippen molar-refractivity contribution < 1.29 is 29.6 Å². The van der Waals surface area contributed by atoms with Gasteiger partial charge in [0, 0.05) is 17.7 Å². The van der Waals surface area contributed by atoms with Gasteiger partial charge >= 0.3 is 5.97 Å². The van der Waals surface area contributed by atoms with Crippen LogP contribution in [0.1, 0.15) is 27.9 Å². The third kappa shape index (κ3) is 2.01. The molecule has 0 saturated heterocycles. The van der Waals surface area contributed by atoms with Crippen molar-refractivity contribution in [3.8, 4) is 17.2 Å². The average Bonchev–Trinajstić information content (AvgIpc) is 2.77. The van der Waals surface area contributed by atoms with E-state index in [0.29, 0.717) is 0 Å². The molecule has 1 aliphatic heterocycles. The zero-order valence-electron chi connectivity index (χ0n) is 11.1. The summed E-state index contributed by atoms with van der Waals surface area (Å²) in [5.41, 5.74) is 0.635. The molecule has 1 aromatic carbocycles. The van der Waals surface area contributed by atoms with Crippen LogP contribution in [0.3, 0.4) is 0 Å². The summed E-state index contributed by atoms with van der Waals surface area (Å²) >= 11 is 0. The minimum absolute atomic E-state index is 0.0357. The lowest BCUT2D eigenvalue weighted by Crippen LogP contribution is -2.27. The van der Waals surface area contributed by atoms with Crippen molar-refractivity contribution >= 4 is 11.9 Å². The van der Waals surface area contributed by atoms with Gasteiger partial charge in [0.1, 0.15) is 0 Å². The van der Waals surface area contributed by atoms with Gasteiger partial charge in [0.2, 0.25) is 5.75 Å². The SMILES string of the molecule is COC(=O)CCN1Cc2c(O)c(O)c(O)c(C)c2C1=O. The van der Waals surface area contributed by atoms with Crippen LogP contribution in [0.4, 0.5) is 0 Å². The Morgan fingerprint density at radius 1 is 1.25 bits per heavy atom. The third-order valence-corrected chi connectivity index (χ3v) is 3.43. The Bertz CT molecular complexity index is 595. The maximum Gasteiger partial charge on any atom is 0.307 e. The zero-order valence-corrected chi connectivity index (χ0v) is 11.1. The van der Waals surface area contributed by atoms with Crippen LogP contribution in [0.15, 0.2) is 0 Å². The highest BCUT2D eigenvalue weighted by Gasteiger charge is 2.35. The smallest absolute Gasteiger partial charge is 0.307 e. The Balaban J connectivity index is 2.32. The maximum atomic E-state index is 12.2. The number of carbonyl (C=O) groups excluding carboxylic acids is 2. The molecule has 0 aromatic heterocycles. The minimum Gasteiger partial charge on any atom is -0.504 e. The first-order valence-electron chi connectivity index (χ1n) is 6.00. The van der Waals surface area contributed by atoms with Crippen molar-refractivity contribution in [1.82, 2.24) is 4.90 Å². The van der Waals surface area contributed by atoms with Crippen molar-refractivity contribution in [2.75, 3.05) is 13.7 Å². The highest BCUT2D eigenvalue weighted by Crippen LogP contribution is 2.45. The van der Waals surface area contributed by atoms with E-state index in [1.54, 1.807) is 0 Å². The lowest BCUT2D eigenvalue weighted by atomic mass is 10.0. The average molecular weight is 281 g/mol. The summed E-state index contributed by atoms with van der Waals surface area (Å²) in [5.74, 6) is -2.49. The number of phenols is 3. The monoisotopic (exact) mass is 281 g/mol. The summed E-state index contributed by atoms with van der Waals surface area (Å²) in [7, 11) is 1.26. The van der Waals surface area contributed by atoms with E-state index in [1.165, 1.54) is 18.9 Å². The summed E-state index contributed by atoms with van der Waals surface area (Å²) < 4.78 is 4.50. The fourth-order valence-corrected chi connectivity index (χ4v) is 2.27. The molecule has 1 amide bonds. The molecule has 2 rings (SSSR count). The second-order valence-corrected chi connectivity index (χ2v) is 4.58. The molecule has 0 atom stereocenters. The van der Waals surface area contributed by atoms with Crippen LogP contribution >= 0.6 is 0 Å². The molecule has 1 aliphatic rings. The molecule has 20 heavy (non-hydrogen) atoms. The summed E-state index contributed by atoms with van der Waals surface area (Å²) in [6, 6.07) is 0. The molecule has 108 valence electrons. The first kappa shape index (κ1) is 14.0. The van der Waals surface area contributed by atoms with E-state index >= 15 is 0 Å². The van der Waals surface area contributed by atoms with Gasteiger partial charge in [-0.25, -0.2) is 0 Å². The van der Waals surface area contributed by atoms with Crippen molar-refractivity contribution in [2.24, 2.45) is 0 Å². The number of rotatable bonds is 3. The number of benzene rings is 1. The number of fused-ring (bicyclic) bond motifs is 1. The minimum atomic E-state index is -0.635. The number of nitrogens with zero attached hydrogens (tertiary/aromatic N) is 1. The van der Waals surface area contributed by atoms with Crippen LogP contribution in [0.25, 0.3) is 0 Å². The predicted molar refractivity (Wildman–Crippen MR) is 67.5 cm³/mol. The van der Waals surface area contributed by atoms with Crippen LogP contribution in [0.2, 0.25) is 0 Å². The Labute approximate surface area is 115 Å². The molecule has 0 bridgehead atoms. The van der Waals surface area contributed by atoms with E-state index in [4.69, 9.17) is 0 Å². The highest BCUT2D eigenvalue weighted by molar-refractivity contribution is 6.02. The molecule has 0 fully saturated rings. The van der Waals surface area contributed by atoms with Crippen LogP contribution in [0.5, 0.6) is 17.2 Å². The van der Waals surface area contributed by atoms with Crippen LogP contribution in [-0.2, 0) is 16.1 Å². The number of aromatic hydroxyl groups is 3. The molecule has 7 heteroatoms. The van der Waals surface area contributed by atoms with Gasteiger partial charge in [-0.1, -0.05) is 0 Å². The zero-order chi connectivity index (χ0) is 15.0. The van der Waals surface area contributed by atoms with Gasteiger partial charge in [-0.05, 0) is 6.92 Å². The van der Waals surface area contributed by atoms with E-state index in [9.17, 15) is 24.9 Å². The number of amides is 1. The van der Waals surface area contributed by atoms with Gasteiger partial charge in [0.15, 0.2) is 11.5 Å². The molecule has 1 heterocycles. The predicted octanol–water partition coefficient (Wildman–Crippen LogP) is 0.631. The molecule has 0 radical (unpaired) electrons. The Morgan fingerprint density at radius 3 is 2.50 bits per heavy atom. The number of hydrogen-bond donors (Lipinski definition) is 3. The molecular formula is C13H15NO6. The normalized spacial score (nSPS) is 13.5. The van der Waals surface area contributed by atoms with Crippen molar-refractivity contribution in [3.63, 3.8) is 0 Å². The Morgan fingerprint density at radius 2 is 1.90 bits per heavy atom. The van der Waals surface area contributed by atoms with Gasteiger partial charge in [0.25, 0.3) is 5.91 Å². The lowest BCUT2D eigenvalue weighted by Gasteiger charge is -2.14. The first-order valence-corrected chi connectivity index (χ1v) is 6.00. The molecule has 0 saturated carbocycles. The van der Waals surface area contributed by atoms with E-state index in [-0.39, 0.29) is 36.2 Å². The summed E-state index contributed by atoms with van der Waals surface area (Å²) in [6.07, 6.45) is 0.0357. The largest absolute Gasteiger partial charge is 0.504 e. The molecule has 0 spiro atoms. The second-order valence-electron chi connectivity index (χ2n) is 4.58. The quantitative estimate of drug-likeness (QED) is 0.554. The topological polar surface area (TPSA) is 107 Å². The molecule has 0 unspecified atom stereocenters. The number of esters is 1. The number of hydrogen-bond acceptors (Lipinski definition) is 6. The van der Waals surface area contributed by atoms with E-state index < -0.39 is 29.1 Å². The molecule has 3 N–H and O–H groups in total. The van der Waals surface area contributed by atoms with Gasteiger partial charge in [0.05, 0.1) is 25.6 Å². The number of carbonyl (C=O) groups is 2. The van der Waals surface area contributed by atoms with Crippen LogP contribution in [-0.4, -0.2) is 45.8 Å². The fraction of sp³-hybridized carbons (Fsp3) is 0.385. The van der Waals surface area contributed by atoms with Gasteiger partial charge in [-0.2, -0.15) is 0 Å². The number of ether oxygens (including phenoxy) is 1. The third-order valence-electron chi connectivity index (χ3n) is 3.43. The molecular weight excluding hydrogens is 266 g/mol. The van der Waals surface area contributed by atoms with E-state index in [0.717, 1.165) is 0 Å². The summed E-state index contributed by atoms with van der Waals surface area (Å²) in [4.78, 5) is 24.7. The van der Waals surface area contributed by atoms with Crippen molar-refractivity contribution in [3.05, 3.63) is 16.7 Å². The highest BCUT2D eigenvalue weighted by atomic mass is 16.5. The molecule has 0 aliphatic carbocycles.